The van der Waals surface area contributed by atoms with E-state index in [0.717, 1.165) is 19.4 Å². The maximum atomic E-state index is 11.2. The number of rotatable bonds is 8. The van der Waals surface area contributed by atoms with Crippen LogP contribution in [0.15, 0.2) is 0 Å². The molecule has 5 heteroatoms. The normalized spacial score (nSPS) is 17.4. The molecule has 0 aromatic rings. The lowest BCUT2D eigenvalue weighted by Crippen LogP contribution is -2.30. The zero-order valence-electron chi connectivity index (χ0n) is 9.25. The molecule has 1 saturated carbocycles. The minimum absolute atomic E-state index is 0.126. The van der Waals surface area contributed by atoms with Gasteiger partial charge < -0.3 is 10.6 Å². The fourth-order valence-electron chi connectivity index (χ4n) is 1.18. The monoisotopic (exact) mass is 232 g/mol. The summed E-state index contributed by atoms with van der Waals surface area (Å²) in [5.74, 6) is 1.52. The molecule has 4 nitrogen and oxygen atoms in total. The molecule has 0 bridgehead atoms. The van der Waals surface area contributed by atoms with Gasteiger partial charge in [0, 0.05) is 47.9 Å². The van der Waals surface area contributed by atoms with Gasteiger partial charge in [0.2, 0.25) is 5.91 Å². The second-order valence-corrected chi connectivity index (χ2v) is 5.64. The van der Waals surface area contributed by atoms with Crippen LogP contribution in [0.2, 0.25) is 0 Å². The molecule has 1 unspecified atom stereocenters. The average Bonchev–Trinajstić information content (AvgIpc) is 3.00. The van der Waals surface area contributed by atoms with Crippen molar-refractivity contribution in [3.05, 3.63) is 0 Å². The van der Waals surface area contributed by atoms with E-state index in [1.54, 1.807) is 0 Å². The maximum absolute atomic E-state index is 11.2. The topological polar surface area (TPSA) is 58.2 Å². The lowest BCUT2D eigenvalue weighted by Gasteiger charge is -2.04. The highest BCUT2D eigenvalue weighted by Gasteiger charge is 2.22. The summed E-state index contributed by atoms with van der Waals surface area (Å²) in [7, 11) is -0.703. The van der Waals surface area contributed by atoms with E-state index in [1.165, 1.54) is 0 Å². The third kappa shape index (κ3) is 6.62. The number of amides is 1. The fraction of sp³-hybridized carbons (Fsp3) is 0.900. The second-order valence-electron chi connectivity index (χ2n) is 3.77. The Bertz CT molecular complexity index is 229. The zero-order chi connectivity index (χ0) is 11.1. The Morgan fingerprint density at radius 2 is 2.13 bits per heavy atom. The second kappa shape index (κ2) is 6.95. The van der Waals surface area contributed by atoms with Crippen LogP contribution in [-0.2, 0) is 15.6 Å². The van der Waals surface area contributed by atoms with Crippen LogP contribution in [0.4, 0.5) is 0 Å². The van der Waals surface area contributed by atoms with Gasteiger partial charge in [-0.2, -0.15) is 0 Å². The van der Waals surface area contributed by atoms with E-state index in [1.807, 2.05) is 6.92 Å². The molecule has 1 fully saturated rings. The molecule has 2 N–H and O–H groups in total. The smallest absolute Gasteiger partial charge is 0.221 e. The maximum Gasteiger partial charge on any atom is 0.221 e. The van der Waals surface area contributed by atoms with E-state index in [2.05, 4.69) is 10.6 Å². The molecule has 0 aromatic carbocycles. The number of carbonyl (C=O) groups is 1. The summed E-state index contributed by atoms with van der Waals surface area (Å²) >= 11 is 0. The van der Waals surface area contributed by atoms with Crippen molar-refractivity contribution in [2.75, 3.05) is 24.6 Å². The van der Waals surface area contributed by atoms with Crippen LogP contribution in [0, 0.1) is 0 Å². The van der Waals surface area contributed by atoms with Crippen molar-refractivity contribution in [2.45, 2.75) is 32.2 Å². The van der Waals surface area contributed by atoms with Gasteiger partial charge in [-0.05, 0) is 12.8 Å². The fourth-order valence-corrected chi connectivity index (χ4v) is 1.85. The van der Waals surface area contributed by atoms with E-state index in [4.69, 9.17) is 0 Å². The Hall–Kier alpha value is -0.420. The van der Waals surface area contributed by atoms with Crippen LogP contribution < -0.4 is 10.6 Å². The van der Waals surface area contributed by atoms with Gasteiger partial charge in [0.05, 0.1) is 0 Å². The predicted octanol–water partition coefficient (Wildman–Crippen LogP) is 0.0133. The number of hydrogen-bond acceptors (Lipinski definition) is 3. The van der Waals surface area contributed by atoms with Crippen LogP contribution in [0.1, 0.15) is 26.2 Å². The van der Waals surface area contributed by atoms with E-state index in [-0.39, 0.29) is 5.91 Å². The molecule has 0 spiro atoms. The van der Waals surface area contributed by atoms with Crippen LogP contribution in [-0.4, -0.2) is 40.8 Å². The molecule has 0 saturated heterocycles. The highest BCUT2D eigenvalue weighted by atomic mass is 32.2. The van der Waals surface area contributed by atoms with E-state index in [9.17, 15) is 9.00 Å². The predicted molar refractivity (Wildman–Crippen MR) is 62.2 cm³/mol. The van der Waals surface area contributed by atoms with Crippen LogP contribution in [0.5, 0.6) is 0 Å². The Morgan fingerprint density at radius 1 is 1.40 bits per heavy atom. The molecule has 0 aliphatic heterocycles. The van der Waals surface area contributed by atoms with Crippen LogP contribution in [0.3, 0.4) is 0 Å². The zero-order valence-corrected chi connectivity index (χ0v) is 10.1. The lowest BCUT2D eigenvalue weighted by atomic mass is 10.4. The summed E-state index contributed by atoms with van der Waals surface area (Å²) in [5, 5.41) is 6.05. The molecule has 88 valence electrons. The Balaban J connectivity index is 1.87. The van der Waals surface area contributed by atoms with Gasteiger partial charge in [-0.3, -0.25) is 9.00 Å². The summed E-state index contributed by atoms with van der Waals surface area (Å²) in [5.41, 5.74) is 0. The molecule has 0 heterocycles. The highest BCUT2D eigenvalue weighted by Crippen LogP contribution is 2.18. The van der Waals surface area contributed by atoms with Gasteiger partial charge >= 0.3 is 0 Å². The summed E-state index contributed by atoms with van der Waals surface area (Å²) in [6.07, 6.45) is 2.79. The minimum Gasteiger partial charge on any atom is -0.353 e. The SMILES string of the molecule is CCS(=O)CCNCCC(=O)NC1CC1. The van der Waals surface area contributed by atoms with E-state index in [0.29, 0.717) is 30.5 Å². The van der Waals surface area contributed by atoms with Gasteiger partial charge in [0.1, 0.15) is 0 Å². The lowest BCUT2D eigenvalue weighted by molar-refractivity contribution is -0.121. The molecule has 1 amide bonds. The molecule has 1 rings (SSSR count). The molecule has 1 aliphatic carbocycles. The van der Waals surface area contributed by atoms with Crippen LogP contribution >= 0.6 is 0 Å². The number of carbonyl (C=O) groups excluding carboxylic acids is 1. The Kier molecular flexibility index (Phi) is 5.86. The summed E-state index contributed by atoms with van der Waals surface area (Å²) in [6, 6.07) is 0.449. The standard InChI is InChI=1S/C10H20N2O2S/c1-2-15(14)8-7-11-6-5-10(13)12-9-3-4-9/h9,11H,2-8H2,1H3,(H,12,13). The number of nitrogens with one attached hydrogen (secondary N) is 2. The molecule has 15 heavy (non-hydrogen) atoms. The molecule has 0 radical (unpaired) electrons. The first-order valence-electron chi connectivity index (χ1n) is 5.57. The minimum atomic E-state index is -0.703. The average molecular weight is 232 g/mol. The van der Waals surface area contributed by atoms with Gasteiger partial charge in [0.15, 0.2) is 0 Å². The van der Waals surface area contributed by atoms with Crippen molar-refractivity contribution >= 4 is 16.7 Å². The van der Waals surface area contributed by atoms with E-state index >= 15 is 0 Å². The first-order valence-corrected chi connectivity index (χ1v) is 7.06. The van der Waals surface area contributed by atoms with Gasteiger partial charge in [-0.25, -0.2) is 0 Å². The third-order valence-electron chi connectivity index (χ3n) is 2.30. The first kappa shape index (κ1) is 12.6. The summed E-state index contributed by atoms with van der Waals surface area (Å²) in [6.45, 7) is 3.33. The molecule has 1 atom stereocenters. The Labute approximate surface area is 93.7 Å². The van der Waals surface area contributed by atoms with Crippen molar-refractivity contribution in [1.29, 1.82) is 0 Å². The Morgan fingerprint density at radius 3 is 2.73 bits per heavy atom. The van der Waals surface area contributed by atoms with Crippen molar-refractivity contribution in [3.8, 4) is 0 Å². The summed E-state index contributed by atoms with van der Waals surface area (Å²) in [4.78, 5) is 11.2. The van der Waals surface area contributed by atoms with Crippen molar-refractivity contribution in [1.82, 2.24) is 10.6 Å². The third-order valence-corrected chi connectivity index (χ3v) is 3.60. The molecule has 1 aliphatic rings. The first-order chi connectivity index (χ1) is 7.22. The molecule has 0 aromatic heterocycles. The summed E-state index contributed by atoms with van der Waals surface area (Å²) < 4.78 is 11.1. The number of hydrogen-bond donors (Lipinski definition) is 2. The van der Waals surface area contributed by atoms with E-state index < -0.39 is 10.8 Å². The van der Waals surface area contributed by atoms with Gasteiger partial charge in [0.25, 0.3) is 0 Å². The van der Waals surface area contributed by atoms with Crippen LogP contribution in [0.25, 0.3) is 0 Å². The largest absolute Gasteiger partial charge is 0.353 e. The highest BCUT2D eigenvalue weighted by molar-refractivity contribution is 7.84. The van der Waals surface area contributed by atoms with Crippen molar-refractivity contribution in [3.63, 3.8) is 0 Å². The quantitative estimate of drug-likeness (QED) is 0.580. The van der Waals surface area contributed by atoms with Gasteiger partial charge in [-0.15, -0.1) is 0 Å². The van der Waals surface area contributed by atoms with Crippen molar-refractivity contribution in [2.24, 2.45) is 0 Å². The molecular weight excluding hydrogens is 212 g/mol. The molecular formula is C10H20N2O2S. The van der Waals surface area contributed by atoms with Gasteiger partial charge in [-0.1, -0.05) is 6.92 Å². The van der Waals surface area contributed by atoms with Crippen molar-refractivity contribution < 1.29 is 9.00 Å².